The van der Waals surface area contributed by atoms with Gasteiger partial charge in [0, 0.05) is 19.8 Å². The minimum atomic E-state index is 0.726. The molecule has 0 saturated carbocycles. The number of aryl methyl sites for hydroxylation is 2. The maximum absolute atomic E-state index is 4.20. The number of aromatic nitrogens is 2. The summed E-state index contributed by atoms with van der Waals surface area (Å²) in [5, 5.41) is 13.8. The molecule has 0 bridgehead atoms. The SMILES string of the molecule is CCc1cccc(C)c1NCc1nnc(N(C)C)s1. The van der Waals surface area contributed by atoms with E-state index >= 15 is 0 Å². The van der Waals surface area contributed by atoms with Crippen LogP contribution in [0.25, 0.3) is 0 Å². The largest absolute Gasteiger partial charge is 0.378 e. The van der Waals surface area contributed by atoms with Crippen LogP contribution in [0.2, 0.25) is 0 Å². The molecule has 0 unspecified atom stereocenters. The molecule has 1 aromatic heterocycles. The van der Waals surface area contributed by atoms with E-state index in [-0.39, 0.29) is 0 Å². The fraction of sp³-hybridized carbons (Fsp3) is 0.429. The van der Waals surface area contributed by atoms with Gasteiger partial charge in [-0.15, -0.1) is 10.2 Å². The first-order valence-electron chi connectivity index (χ1n) is 6.44. The van der Waals surface area contributed by atoms with E-state index in [1.165, 1.54) is 16.8 Å². The standard InChI is InChI=1S/C14H20N4S/c1-5-11-8-6-7-10(2)13(11)15-9-12-16-17-14(19-12)18(3)4/h6-8,15H,5,9H2,1-4H3. The average molecular weight is 276 g/mol. The van der Waals surface area contributed by atoms with Crippen molar-refractivity contribution in [1.82, 2.24) is 10.2 Å². The number of para-hydroxylation sites is 1. The molecule has 4 nitrogen and oxygen atoms in total. The van der Waals surface area contributed by atoms with Crippen LogP contribution in [0.3, 0.4) is 0 Å². The summed E-state index contributed by atoms with van der Waals surface area (Å²) in [6.45, 7) is 5.03. The third kappa shape index (κ3) is 3.23. The minimum absolute atomic E-state index is 0.726. The van der Waals surface area contributed by atoms with Gasteiger partial charge in [-0.25, -0.2) is 0 Å². The molecule has 19 heavy (non-hydrogen) atoms. The molecular weight excluding hydrogens is 256 g/mol. The Labute approximate surface area is 118 Å². The number of rotatable bonds is 5. The van der Waals surface area contributed by atoms with Crippen LogP contribution in [0, 0.1) is 6.92 Å². The highest BCUT2D eigenvalue weighted by atomic mass is 32.1. The summed E-state index contributed by atoms with van der Waals surface area (Å²) >= 11 is 1.62. The zero-order chi connectivity index (χ0) is 13.8. The number of nitrogens with one attached hydrogen (secondary N) is 1. The van der Waals surface area contributed by atoms with E-state index in [0.29, 0.717) is 0 Å². The van der Waals surface area contributed by atoms with Crippen molar-refractivity contribution < 1.29 is 0 Å². The lowest BCUT2D eigenvalue weighted by atomic mass is 10.1. The van der Waals surface area contributed by atoms with Crippen molar-refractivity contribution >= 4 is 22.2 Å². The van der Waals surface area contributed by atoms with Gasteiger partial charge < -0.3 is 10.2 Å². The highest BCUT2D eigenvalue weighted by Gasteiger charge is 2.08. The first-order valence-corrected chi connectivity index (χ1v) is 7.25. The Morgan fingerprint density at radius 2 is 2.05 bits per heavy atom. The van der Waals surface area contributed by atoms with E-state index in [9.17, 15) is 0 Å². The summed E-state index contributed by atoms with van der Waals surface area (Å²) in [6, 6.07) is 6.40. The maximum Gasteiger partial charge on any atom is 0.207 e. The van der Waals surface area contributed by atoms with E-state index in [1.807, 2.05) is 19.0 Å². The Balaban J connectivity index is 2.09. The fourth-order valence-corrected chi connectivity index (χ4v) is 2.64. The van der Waals surface area contributed by atoms with Crippen LogP contribution in [0.15, 0.2) is 18.2 Å². The van der Waals surface area contributed by atoms with Crippen molar-refractivity contribution in [3.05, 3.63) is 34.3 Å². The average Bonchev–Trinajstić information content (AvgIpc) is 2.86. The molecule has 1 N–H and O–H groups in total. The molecule has 0 atom stereocenters. The van der Waals surface area contributed by atoms with Crippen molar-refractivity contribution in [2.45, 2.75) is 26.8 Å². The van der Waals surface area contributed by atoms with Crippen LogP contribution < -0.4 is 10.2 Å². The normalized spacial score (nSPS) is 10.5. The first kappa shape index (κ1) is 13.8. The Kier molecular flexibility index (Phi) is 4.37. The molecule has 1 aromatic carbocycles. The van der Waals surface area contributed by atoms with E-state index in [0.717, 1.165) is 23.1 Å². The Hall–Kier alpha value is -1.62. The molecule has 0 fully saturated rings. The fourth-order valence-electron chi connectivity index (χ4n) is 1.94. The molecule has 2 rings (SSSR count). The molecule has 102 valence electrons. The van der Waals surface area contributed by atoms with Gasteiger partial charge in [0.25, 0.3) is 0 Å². The van der Waals surface area contributed by atoms with Gasteiger partial charge in [0.1, 0.15) is 5.01 Å². The van der Waals surface area contributed by atoms with Gasteiger partial charge in [-0.05, 0) is 24.5 Å². The molecule has 1 heterocycles. The van der Waals surface area contributed by atoms with Crippen LogP contribution in [-0.2, 0) is 13.0 Å². The molecule has 0 aliphatic rings. The second kappa shape index (κ2) is 6.02. The number of benzene rings is 1. The zero-order valence-corrected chi connectivity index (χ0v) is 12.7. The van der Waals surface area contributed by atoms with Gasteiger partial charge in [0.05, 0.1) is 6.54 Å². The summed E-state index contributed by atoms with van der Waals surface area (Å²) in [5.74, 6) is 0. The Morgan fingerprint density at radius 3 is 2.68 bits per heavy atom. The van der Waals surface area contributed by atoms with Crippen LogP contribution >= 0.6 is 11.3 Å². The molecule has 5 heteroatoms. The lowest BCUT2D eigenvalue weighted by Crippen LogP contribution is -2.07. The number of nitrogens with zero attached hydrogens (tertiary/aromatic N) is 3. The summed E-state index contributed by atoms with van der Waals surface area (Å²) in [7, 11) is 3.96. The second-order valence-corrected chi connectivity index (χ2v) is 5.73. The van der Waals surface area contributed by atoms with Crippen LogP contribution in [-0.4, -0.2) is 24.3 Å². The lowest BCUT2D eigenvalue weighted by molar-refractivity contribution is 0.960. The summed E-state index contributed by atoms with van der Waals surface area (Å²) in [5.41, 5.74) is 3.85. The van der Waals surface area contributed by atoms with Crippen molar-refractivity contribution in [2.75, 3.05) is 24.3 Å². The third-order valence-corrected chi connectivity index (χ3v) is 4.09. The first-order chi connectivity index (χ1) is 9.11. The monoisotopic (exact) mass is 276 g/mol. The molecule has 0 amide bonds. The molecule has 0 aliphatic carbocycles. The molecule has 0 spiro atoms. The van der Waals surface area contributed by atoms with E-state index < -0.39 is 0 Å². The minimum Gasteiger partial charge on any atom is -0.378 e. The number of hydrogen-bond acceptors (Lipinski definition) is 5. The Morgan fingerprint density at radius 1 is 1.26 bits per heavy atom. The van der Waals surface area contributed by atoms with Crippen molar-refractivity contribution in [1.29, 1.82) is 0 Å². The highest BCUT2D eigenvalue weighted by Crippen LogP contribution is 2.23. The van der Waals surface area contributed by atoms with Gasteiger partial charge in [0.2, 0.25) is 5.13 Å². The lowest BCUT2D eigenvalue weighted by Gasteiger charge is -2.12. The highest BCUT2D eigenvalue weighted by molar-refractivity contribution is 7.15. The second-order valence-electron chi connectivity index (χ2n) is 4.69. The van der Waals surface area contributed by atoms with Crippen molar-refractivity contribution in [3.8, 4) is 0 Å². The Bertz CT molecular complexity index is 548. The van der Waals surface area contributed by atoms with Crippen LogP contribution in [0.1, 0.15) is 23.1 Å². The van der Waals surface area contributed by atoms with Gasteiger partial charge in [-0.1, -0.05) is 36.5 Å². The molecule has 2 aromatic rings. The quantitative estimate of drug-likeness (QED) is 0.911. The molecule has 0 saturated heterocycles. The predicted octanol–water partition coefficient (Wildman–Crippen LogP) is 3.09. The van der Waals surface area contributed by atoms with Crippen LogP contribution in [0.4, 0.5) is 10.8 Å². The van der Waals surface area contributed by atoms with Gasteiger partial charge in [-0.2, -0.15) is 0 Å². The number of hydrogen-bond donors (Lipinski definition) is 1. The molecular formula is C14H20N4S. The molecule has 0 aliphatic heterocycles. The summed E-state index contributed by atoms with van der Waals surface area (Å²) in [6.07, 6.45) is 1.03. The van der Waals surface area contributed by atoms with Gasteiger partial charge in [0.15, 0.2) is 0 Å². The zero-order valence-electron chi connectivity index (χ0n) is 11.9. The summed E-state index contributed by atoms with van der Waals surface area (Å²) < 4.78 is 0. The molecule has 0 radical (unpaired) electrons. The number of anilines is 2. The van der Waals surface area contributed by atoms with Gasteiger partial charge >= 0.3 is 0 Å². The van der Waals surface area contributed by atoms with Crippen LogP contribution in [0.5, 0.6) is 0 Å². The predicted molar refractivity (Wildman–Crippen MR) is 82.1 cm³/mol. The van der Waals surface area contributed by atoms with Crippen molar-refractivity contribution in [2.24, 2.45) is 0 Å². The third-order valence-electron chi connectivity index (χ3n) is 3.00. The smallest absolute Gasteiger partial charge is 0.207 e. The van der Waals surface area contributed by atoms with Crippen molar-refractivity contribution in [3.63, 3.8) is 0 Å². The topological polar surface area (TPSA) is 41.1 Å². The van der Waals surface area contributed by atoms with E-state index in [4.69, 9.17) is 0 Å². The van der Waals surface area contributed by atoms with Gasteiger partial charge in [-0.3, -0.25) is 0 Å². The maximum atomic E-state index is 4.20. The summed E-state index contributed by atoms with van der Waals surface area (Å²) in [4.78, 5) is 1.98. The van der Waals surface area contributed by atoms with E-state index in [1.54, 1.807) is 11.3 Å². The van der Waals surface area contributed by atoms with E-state index in [2.05, 4.69) is 47.6 Å².